The molecule has 0 aromatic carbocycles. The summed E-state index contributed by atoms with van der Waals surface area (Å²) in [5.41, 5.74) is 1.15. The van der Waals surface area contributed by atoms with E-state index < -0.39 is 18.0 Å². The third-order valence-corrected chi connectivity index (χ3v) is 3.24. The standard InChI is InChI=1S/C12H17N3O3S/c1-7(2)10(11(16)17)14-12(18)15(4)5-9-6-19-8(3)13-9/h6,10H,1,5H2,2-4H3,(H,14,18)(H,16,17)/t10-/m0/s1. The van der Waals surface area contributed by atoms with Gasteiger partial charge in [-0.15, -0.1) is 11.3 Å². The van der Waals surface area contributed by atoms with Crippen LogP contribution in [0.15, 0.2) is 17.5 Å². The van der Waals surface area contributed by atoms with E-state index in [1.807, 2.05) is 12.3 Å². The largest absolute Gasteiger partial charge is 0.479 e. The van der Waals surface area contributed by atoms with Crippen molar-refractivity contribution in [2.45, 2.75) is 26.4 Å². The predicted molar refractivity (Wildman–Crippen MR) is 73.1 cm³/mol. The molecule has 0 bridgehead atoms. The number of carbonyl (C=O) groups excluding carboxylic acids is 1. The maximum atomic E-state index is 11.9. The van der Waals surface area contributed by atoms with Gasteiger partial charge in [-0.3, -0.25) is 0 Å². The molecule has 0 unspecified atom stereocenters. The molecule has 104 valence electrons. The van der Waals surface area contributed by atoms with Crippen molar-refractivity contribution in [2.24, 2.45) is 0 Å². The summed E-state index contributed by atoms with van der Waals surface area (Å²) in [6.45, 7) is 7.33. The zero-order valence-electron chi connectivity index (χ0n) is 11.1. The number of carbonyl (C=O) groups is 2. The smallest absolute Gasteiger partial charge is 0.330 e. The highest BCUT2D eigenvalue weighted by molar-refractivity contribution is 7.09. The van der Waals surface area contributed by atoms with Crippen molar-refractivity contribution in [3.63, 3.8) is 0 Å². The van der Waals surface area contributed by atoms with Gasteiger partial charge in [-0.2, -0.15) is 0 Å². The number of rotatable bonds is 5. The second kappa shape index (κ2) is 6.33. The molecule has 0 aliphatic heterocycles. The number of amides is 2. The first-order chi connectivity index (χ1) is 8.81. The number of carboxylic acid groups (broad SMARTS) is 1. The van der Waals surface area contributed by atoms with Gasteiger partial charge in [0.05, 0.1) is 17.2 Å². The molecule has 0 aliphatic rings. The lowest BCUT2D eigenvalue weighted by Gasteiger charge is -2.20. The Kier molecular flexibility index (Phi) is 5.05. The predicted octanol–water partition coefficient (Wildman–Crippen LogP) is 1.62. The molecule has 0 saturated heterocycles. The molecule has 1 heterocycles. The minimum Gasteiger partial charge on any atom is -0.479 e. The van der Waals surface area contributed by atoms with Crippen LogP contribution >= 0.6 is 11.3 Å². The maximum Gasteiger partial charge on any atom is 0.330 e. The summed E-state index contributed by atoms with van der Waals surface area (Å²) in [5.74, 6) is -1.13. The van der Waals surface area contributed by atoms with Crippen LogP contribution in [0.25, 0.3) is 0 Å². The molecule has 2 amide bonds. The van der Waals surface area contributed by atoms with E-state index in [4.69, 9.17) is 5.11 Å². The highest BCUT2D eigenvalue weighted by Gasteiger charge is 2.22. The summed E-state index contributed by atoms with van der Waals surface area (Å²) in [6.07, 6.45) is 0. The van der Waals surface area contributed by atoms with Crippen LogP contribution in [0.3, 0.4) is 0 Å². The van der Waals surface area contributed by atoms with Crippen molar-refractivity contribution in [1.29, 1.82) is 0 Å². The van der Waals surface area contributed by atoms with Crippen LogP contribution in [0.1, 0.15) is 17.6 Å². The van der Waals surface area contributed by atoms with E-state index in [2.05, 4.69) is 16.9 Å². The zero-order chi connectivity index (χ0) is 14.6. The van der Waals surface area contributed by atoms with Crippen LogP contribution in [0, 0.1) is 6.92 Å². The molecule has 7 heteroatoms. The van der Waals surface area contributed by atoms with E-state index in [0.717, 1.165) is 10.7 Å². The normalized spacial score (nSPS) is 11.7. The number of aryl methyl sites for hydroxylation is 1. The Hall–Kier alpha value is -1.89. The molecule has 0 spiro atoms. The first-order valence-electron chi connectivity index (χ1n) is 5.62. The number of hydrogen-bond acceptors (Lipinski definition) is 4. The Morgan fingerprint density at radius 1 is 1.63 bits per heavy atom. The highest BCUT2D eigenvalue weighted by Crippen LogP contribution is 2.10. The Balaban J connectivity index is 2.61. The number of urea groups is 1. The van der Waals surface area contributed by atoms with E-state index in [9.17, 15) is 9.59 Å². The fraction of sp³-hybridized carbons (Fsp3) is 0.417. The molecule has 0 saturated carbocycles. The molecule has 1 aromatic rings. The second-order valence-corrected chi connectivity index (χ2v) is 5.34. The molecular weight excluding hydrogens is 266 g/mol. The SMILES string of the molecule is C=C(C)[C@H](NC(=O)N(C)Cc1csc(C)n1)C(=O)O. The van der Waals surface area contributed by atoms with E-state index in [0.29, 0.717) is 12.1 Å². The van der Waals surface area contributed by atoms with Gasteiger partial charge in [-0.1, -0.05) is 6.58 Å². The van der Waals surface area contributed by atoms with Crippen LogP contribution in [-0.4, -0.2) is 40.1 Å². The number of hydrogen-bond donors (Lipinski definition) is 2. The fourth-order valence-corrected chi connectivity index (χ4v) is 2.03. The summed E-state index contributed by atoms with van der Waals surface area (Å²) >= 11 is 1.50. The molecule has 19 heavy (non-hydrogen) atoms. The van der Waals surface area contributed by atoms with Gasteiger partial charge in [0.25, 0.3) is 0 Å². The van der Waals surface area contributed by atoms with Crippen molar-refractivity contribution in [1.82, 2.24) is 15.2 Å². The van der Waals surface area contributed by atoms with E-state index in [-0.39, 0.29) is 0 Å². The number of nitrogens with zero attached hydrogens (tertiary/aromatic N) is 2. The molecule has 1 atom stereocenters. The Morgan fingerprint density at radius 3 is 2.68 bits per heavy atom. The van der Waals surface area contributed by atoms with E-state index in [1.54, 1.807) is 14.0 Å². The summed E-state index contributed by atoms with van der Waals surface area (Å²) < 4.78 is 0. The minimum atomic E-state index is -1.13. The van der Waals surface area contributed by atoms with Gasteiger partial charge in [0.15, 0.2) is 0 Å². The third-order valence-electron chi connectivity index (χ3n) is 2.42. The third kappa shape index (κ3) is 4.36. The van der Waals surface area contributed by atoms with Gasteiger partial charge >= 0.3 is 12.0 Å². The lowest BCUT2D eigenvalue weighted by molar-refractivity contribution is -0.138. The molecule has 0 aliphatic carbocycles. The summed E-state index contributed by atoms with van der Waals surface area (Å²) in [4.78, 5) is 28.4. The Labute approximate surface area is 115 Å². The van der Waals surface area contributed by atoms with Gasteiger partial charge in [-0.05, 0) is 19.4 Å². The number of thiazole rings is 1. The number of aliphatic carboxylic acids is 1. The van der Waals surface area contributed by atoms with Crippen LogP contribution in [0.5, 0.6) is 0 Å². The summed E-state index contributed by atoms with van der Waals surface area (Å²) in [7, 11) is 1.58. The molecule has 6 nitrogen and oxygen atoms in total. The lowest BCUT2D eigenvalue weighted by Crippen LogP contribution is -2.46. The van der Waals surface area contributed by atoms with E-state index >= 15 is 0 Å². The van der Waals surface area contributed by atoms with Gasteiger partial charge in [0, 0.05) is 12.4 Å². The molecule has 0 radical (unpaired) electrons. The van der Waals surface area contributed by atoms with Gasteiger partial charge in [-0.25, -0.2) is 14.6 Å². The van der Waals surface area contributed by atoms with Crippen molar-refractivity contribution in [2.75, 3.05) is 7.05 Å². The van der Waals surface area contributed by atoms with Crippen molar-refractivity contribution in [3.05, 3.63) is 28.2 Å². The lowest BCUT2D eigenvalue weighted by atomic mass is 10.1. The van der Waals surface area contributed by atoms with Gasteiger partial charge in [0.2, 0.25) is 0 Å². The zero-order valence-corrected chi connectivity index (χ0v) is 12.0. The van der Waals surface area contributed by atoms with Crippen molar-refractivity contribution in [3.8, 4) is 0 Å². The minimum absolute atomic E-state index is 0.332. The first-order valence-corrected chi connectivity index (χ1v) is 6.50. The molecular formula is C12H17N3O3S. The molecule has 0 fully saturated rings. The van der Waals surface area contributed by atoms with Gasteiger partial charge in [0.1, 0.15) is 6.04 Å². The van der Waals surface area contributed by atoms with E-state index in [1.165, 1.54) is 16.2 Å². The van der Waals surface area contributed by atoms with Crippen LogP contribution < -0.4 is 5.32 Å². The highest BCUT2D eigenvalue weighted by atomic mass is 32.1. The van der Waals surface area contributed by atoms with Crippen LogP contribution in [-0.2, 0) is 11.3 Å². The Morgan fingerprint density at radius 2 is 2.26 bits per heavy atom. The second-order valence-electron chi connectivity index (χ2n) is 4.28. The Bertz CT molecular complexity index is 484. The number of carboxylic acids is 1. The summed E-state index contributed by atoms with van der Waals surface area (Å²) in [5, 5.41) is 14.2. The number of nitrogens with one attached hydrogen (secondary N) is 1. The average Bonchev–Trinajstić information content (AvgIpc) is 2.70. The quantitative estimate of drug-likeness (QED) is 0.804. The topological polar surface area (TPSA) is 82.5 Å². The summed E-state index contributed by atoms with van der Waals surface area (Å²) in [6, 6.07) is -1.55. The monoisotopic (exact) mass is 283 g/mol. The number of aromatic nitrogens is 1. The van der Waals surface area contributed by atoms with Gasteiger partial charge < -0.3 is 15.3 Å². The van der Waals surface area contributed by atoms with Crippen molar-refractivity contribution >= 4 is 23.3 Å². The fourth-order valence-electron chi connectivity index (χ4n) is 1.43. The molecule has 2 N–H and O–H groups in total. The average molecular weight is 283 g/mol. The first kappa shape index (κ1) is 15.2. The molecule has 1 aromatic heterocycles. The molecule has 1 rings (SSSR count). The van der Waals surface area contributed by atoms with Crippen LogP contribution in [0.2, 0.25) is 0 Å². The maximum absolute atomic E-state index is 11.9. The van der Waals surface area contributed by atoms with Crippen molar-refractivity contribution < 1.29 is 14.7 Å². The van der Waals surface area contributed by atoms with Crippen LogP contribution in [0.4, 0.5) is 4.79 Å².